The first kappa shape index (κ1) is 14.2. The molecular formula is C12H17N3O2S. The van der Waals surface area contributed by atoms with E-state index in [1.165, 1.54) is 6.26 Å². The molecule has 5 nitrogen and oxygen atoms in total. The number of aryl methyl sites for hydroxylation is 1. The van der Waals surface area contributed by atoms with Crippen molar-refractivity contribution < 1.29 is 9.00 Å². The van der Waals surface area contributed by atoms with Gasteiger partial charge in [0.15, 0.2) is 0 Å². The van der Waals surface area contributed by atoms with Crippen LogP contribution in [0.25, 0.3) is 6.08 Å². The van der Waals surface area contributed by atoms with E-state index in [4.69, 9.17) is 5.73 Å². The minimum atomic E-state index is -1.87. The molecule has 0 aliphatic rings. The van der Waals surface area contributed by atoms with Gasteiger partial charge in [-0.05, 0) is 17.5 Å². The molecule has 0 aliphatic carbocycles. The quantitative estimate of drug-likeness (QED) is 0.580. The van der Waals surface area contributed by atoms with E-state index in [9.17, 15) is 9.00 Å². The lowest BCUT2D eigenvalue weighted by Crippen LogP contribution is -2.11. The number of hydrogen-bond donors (Lipinski definition) is 3. The third kappa shape index (κ3) is 3.33. The summed E-state index contributed by atoms with van der Waals surface area (Å²) >= 11 is 0. The van der Waals surface area contributed by atoms with Gasteiger partial charge in [-0.3, -0.25) is 4.21 Å². The zero-order valence-corrected chi connectivity index (χ0v) is 11.3. The minimum absolute atomic E-state index is 0.444. The Balaban J connectivity index is 3.21. The third-order valence-electron chi connectivity index (χ3n) is 2.43. The average molecular weight is 267 g/mol. The van der Waals surface area contributed by atoms with Crippen molar-refractivity contribution in [2.45, 2.75) is 13.3 Å². The number of urea groups is 1. The molecule has 0 saturated carbocycles. The van der Waals surface area contributed by atoms with E-state index in [2.05, 4.69) is 16.3 Å². The Morgan fingerprint density at radius 3 is 2.78 bits per heavy atom. The van der Waals surface area contributed by atoms with Crippen LogP contribution >= 0.6 is 0 Å². The van der Waals surface area contributed by atoms with Crippen molar-refractivity contribution >= 4 is 34.1 Å². The van der Waals surface area contributed by atoms with E-state index in [1.807, 2.05) is 19.1 Å². The van der Waals surface area contributed by atoms with Crippen LogP contribution in [-0.4, -0.2) is 16.5 Å². The monoisotopic (exact) mass is 267 g/mol. The first-order valence-electron chi connectivity index (χ1n) is 5.46. The van der Waals surface area contributed by atoms with Crippen LogP contribution in [0.5, 0.6) is 0 Å². The predicted octanol–water partition coefficient (Wildman–Crippen LogP) is 2.30. The van der Waals surface area contributed by atoms with Crippen LogP contribution in [-0.2, 0) is 17.0 Å². The second-order valence-corrected chi connectivity index (χ2v) is 4.78. The van der Waals surface area contributed by atoms with E-state index in [-0.39, 0.29) is 0 Å². The number of benzene rings is 1. The Morgan fingerprint density at radius 1 is 1.61 bits per heavy atom. The summed E-state index contributed by atoms with van der Waals surface area (Å²) < 4.78 is 14.3. The summed E-state index contributed by atoms with van der Waals surface area (Å²) in [5.74, 6) is 0. The number of carbonyl (C=O) groups excluding carboxylic acids is 1. The number of nitrogens with one attached hydrogen (secondary N) is 1. The van der Waals surface area contributed by atoms with Gasteiger partial charge < -0.3 is 11.1 Å². The van der Waals surface area contributed by atoms with Crippen molar-refractivity contribution in [1.82, 2.24) is 0 Å². The fourth-order valence-electron chi connectivity index (χ4n) is 1.56. The summed E-state index contributed by atoms with van der Waals surface area (Å²) in [5, 5.41) is 2.57. The highest BCUT2D eigenvalue weighted by atomic mass is 32.2. The van der Waals surface area contributed by atoms with Gasteiger partial charge in [0.1, 0.15) is 0 Å². The summed E-state index contributed by atoms with van der Waals surface area (Å²) in [5.41, 5.74) is 8.54. The molecule has 0 aliphatic heterocycles. The topological polar surface area (TPSA) is 84.5 Å². The molecule has 98 valence electrons. The lowest BCUT2D eigenvalue weighted by Gasteiger charge is -2.13. The standard InChI is InChI=1S/C12H17N3O2S/c1-4-8-6-7-9(5-2)11(10(8)13)14-12(16)15-18(3)17/h4,6-7,18H,1,5,13H2,2-3H3,(H,14,16). The Kier molecular flexibility index (Phi) is 4.91. The zero-order chi connectivity index (χ0) is 13.7. The maximum Gasteiger partial charge on any atom is 0.353 e. The number of nitrogen functional groups attached to an aromatic ring is 1. The lowest BCUT2D eigenvalue weighted by molar-refractivity contribution is 0.260. The lowest BCUT2D eigenvalue weighted by atomic mass is 10.0. The Bertz CT molecular complexity index is 561. The number of hydrogen-bond acceptors (Lipinski definition) is 3. The molecule has 1 aromatic carbocycles. The smallest absolute Gasteiger partial charge is 0.353 e. The van der Waals surface area contributed by atoms with Crippen LogP contribution in [0.15, 0.2) is 23.1 Å². The van der Waals surface area contributed by atoms with Crippen LogP contribution in [0.2, 0.25) is 0 Å². The number of anilines is 2. The van der Waals surface area contributed by atoms with Crippen molar-refractivity contribution in [2.24, 2.45) is 4.36 Å². The van der Waals surface area contributed by atoms with E-state index in [0.29, 0.717) is 11.4 Å². The minimum Gasteiger partial charge on any atom is -0.397 e. The molecule has 0 radical (unpaired) electrons. The van der Waals surface area contributed by atoms with Crippen LogP contribution in [0.3, 0.4) is 0 Å². The number of rotatable bonds is 3. The third-order valence-corrected chi connectivity index (χ3v) is 2.89. The van der Waals surface area contributed by atoms with Gasteiger partial charge in [-0.25, -0.2) is 4.79 Å². The molecule has 2 amide bonds. The average Bonchev–Trinajstić information content (AvgIpc) is 2.30. The highest BCUT2D eigenvalue weighted by Crippen LogP contribution is 2.28. The summed E-state index contributed by atoms with van der Waals surface area (Å²) in [4.78, 5) is 11.5. The largest absolute Gasteiger partial charge is 0.397 e. The summed E-state index contributed by atoms with van der Waals surface area (Å²) in [7, 11) is -1.87. The van der Waals surface area contributed by atoms with Crippen LogP contribution in [0.4, 0.5) is 16.2 Å². The molecule has 0 bridgehead atoms. The van der Waals surface area contributed by atoms with Crippen LogP contribution in [0, 0.1) is 0 Å². The molecule has 6 heteroatoms. The molecule has 0 saturated heterocycles. The SMILES string of the molecule is C=Cc1ccc(CC)c(NC(=O)/N=[SH](/C)=O)c1N. The molecule has 1 atom stereocenters. The highest BCUT2D eigenvalue weighted by molar-refractivity contribution is 7.74. The Labute approximate surface area is 108 Å². The maximum absolute atomic E-state index is 11.5. The number of carbonyl (C=O) groups is 1. The molecule has 0 heterocycles. The zero-order valence-electron chi connectivity index (χ0n) is 10.4. The van der Waals surface area contributed by atoms with E-state index < -0.39 is 16.6 Å². The molecule has 18 heavy (non-hydrogen) atoms. The van der Waals surface area contributed by atoms with Gasteiger partial charge in [-0.1, -0.05) is 31.7 Å². The van der Waals surface area contributed by atoms with Gasteiger partial charge >= 0.3 is 6.03 Å². The molecule has 1 unspecified atom stereocenters. The van der Waals surface area contributed by atoms with Crippen LogP contribution in [0.1, 0.15) is 18.1 Å². The molecule has 0 spiro atoms. The molecule has 1 rings (SSSR count). The van der Waals surface area contributed by atoms with Gasteiger partial charge in [0, 0.05) is 16.9 Å². The van der Waals surface area contributed by atoms with Gasteiger partial charge in [0.2, 0.25) is 0 Å². The van der Waals surface area contributed by atoms with Gasteiger partial charge in [-0.2, -0.15) is 0 Å². The summed E-state index contributed by atoms with van der Waals surface area (Å²) in [6, 6.07) is 3.06. The number of amides is 2. The number of nitrogens with zero attached hydrogens (tertiary/aromatic N) is 1. The normalized spacial score (nSPS) is 12.1. The second-order valence-electron chi connectivity index (χ2n) is 3.65. The summed E-state index contributed by atoms with van der Waals surface area (Å²) in [6.07, 6.45) is 3.69. The van der Waals surface area contributed by atoms with Gasteiger partial charge in [0.25, 0.3) is 0 Å². The van der Waals surface area contributed by atoms with Crippen molar-refractivity contribution in [2.75, 3.05) is 17.3 Å². The Morgan fingerprint density at radius 2 is 2.28 bits per heavy atom. The summed E-state index contributed by atoms with van der Waals surface area (Å²) in [6.45, 7) is 5.61. The van der Waals surface area contributed by atoms with Crippen LogP contribution < -0.4 is 11.1 Å². The number of thiol groups is 1. The first-order valence-corrected chi connectivity index (χ1v) is 7.12. The van der Waals surface area contributed by atoms with Crippen molar-refractivity contribution in [3.63, 3.8) is 0 Å². The fraction of sp³-hybridized carbons (Fsp3) is 0.250. The maximum atomic E-state index is 11.5. The van der Waals surface area contributed by atoms with Crippen molar-refractivity contribution in [3.8, 4) is 0 Å². The van der Waals surface area contributed by atoms with E-state index in [1.54, 1.807) is 6.08 Å². The van der Waals surface area contributed by atoms with Crippen molar-refractivity contribution in [1.29, 1.82) is 0 Å². The molecule has 0 fully saturated rings. The fourth-order valence-corrected chi connectivity index (χ4v) is 1.87. The Hall–Kier alpha value is -1.82. The van der Waals surface area contributed by atoms with Crippen molar-refractivity contribution in [3.05, 3.63) is 29.8 Å². The molecular weight excluding hydrogens is 250 g/mol. The van der Waals surface area contributed by atoms with E-state index in [0.717, 1.165) is 17.5 Å². The van der Waals surface area contributed by atoms with Gasteiger partial charge in [0.05, 0.1) is 11.4 Å². The highest BCUT2D eigenvalue weighted by Gasteiger charge is 2.11. The molecule has 3 N–H and O–H groups in total. The second kappa shape index (κ2) is 6.20. The predicted molar refractivity (Wildman–Crippen MR) is 77.2 cm³/mol. The van der Waals surface area contributed by atoms with E-state index >= 15 is 0 Å². The molecule has 0 aromatic heterocycles. The number of nitrogens with two attached hydrogens (primary N) is 1. The molecule has 1 aromatic rings. The first-order chi connectivity index (χ1) is 8.49. The van der Waals surface area contributed by atoms with Gasteiger partial charge in [-0.15, -0.1) is 4.36 Å².